The van der Waals surface area contributed by atoms with E-state index in [1.165, 1.54) is 5.56 Å². The van der Waals surface area contributed by atoms with Gasteiger partial charge in [0.15, 0.2) is 0 Å². The zero-order valence-electron chi connectivity index (χ0n) is 12.6. The predicted octanol–water partition coefficient (Wildman–Crippen LogP) is 2.13. The molecule has 1 aromatic carbocycles. The fraction of sp³-hybridized carbons (Fsp3) is 0.647. The average molecular weight is 294 g/mol. The largest absolute Gasteiger partial charge is 0.394 e. The molecule has 1 saturated heterocycles. The van der Waals surface area contributed by atoms with E-state index >= 15 is 0 Å². The Kier molecular flexibility index (Phi) is 6.64. The van der Waals surface area contributed by atoms with Crippen molar-refractivity contribution in [2.45, 2.75) is 51.1 Å². The molecular weight excluding hydrogens is 268 g/mol. The van der Waals surface area contributed by atoms with Crippen molar-refractivity contribution in [3.05, 3.63) is 35.9 Å². The van der Waals surface area contributed by atoms with E-state index in [0.29, 0.717) is 25.6 Å². The Morgan fingerprint density at radius 2 is 2.00 bits per heavy atom. The van der Waals surface area contributed by atoms with Crippen molar-refractivity contribution < 1.29 is 19.7 Å². The Morgan fingerprint density at radius 3 is 2.71 bits per heavy atom. The lowest BCUT2D eigenvalue weighted by Crippen LogP contribution is -2.45. The number of hydrogen-bond acceptors (Lipinski definition) is 4. The van der Waals surface area contributed by atoms with Gasteiger partial charge in [-0.25, -0.2) is 0 Å². The summed E-state index contributed by atoms with van der Waals surface area (Å²) in [4.78, 5) is 0. The molecule has 0 radical (unpaired) electrons. The highest BCUT2D eigenvalue weighted by atomic mass is 16.5. The normalized spacial score (nSPS) is 29.5. The molecule has 1 fully saturated rings. The molecule has 118 valence electrons. The van der Waals surface area contributed by atoms with Crippen LogP contribution in [0.3, 0.4) is 0 Å². The monoisotopic (exact) mass is 294 g/mol. The first-order valence-electron chi connectivity index (χ1n) is 7.76. The summed E-state index contributed by atoms with van der Waals surface area (Å²) in [5, 5.41) is 19.0. The summed E-state index contributed by atoms with van der Waals surface area (Å²) in [6, 6.07) is 10.1. The van der Waals surface area contributed by atoms with E-state index in [2.05, 4.69) is 19.1 Å². The molecule has 1 heterocycles. The number of aliphatic hydroxyl groups excluding tert-OH is 2. The van der Waals surface area contributed by atoms with Crippen LogP contribution in [-0.4, -0.2) is 41.7 Å². The minimum absolute atomic E-state index is 0.103. The highest BCUT2D eigenvalue weighted by Gasteiger charge is 2.33. The molecule has 2 N–H and O–H groups in total. The van der Waals surface area contributed by atoms with Crippen LogP contribution in [0.25, 0.3) is 0 Å². The number of rotatable bonds is 7. The summed E-state index contributed by atoms with van der Waals surface area (Å²) >= 11 is 0. The molecule has 4 atom stereocenters. The Hall–Kier alpha value is -0.940. The highest BCUT2D eigenvalue weighted by Crippen LogP contribution is 2.27. The first kappa shape index (κ1) is 16.4. The van der Waals surface area contributed by atoms with Gasteiger partial charge in [-0.05, 0) is 30.7 Å². The van der Waals surface area contributed by atoms with Crippen molar-refractivity contribution in [1.29, 1.82) is 0 Å². The van der Waals surface area contributed by atoms with Crippen LogP contribution < -0.4 is 0 Å². The summed E-state index contributed by atoms with van der Waals surface area (Å²) in [7, 11) is 0. The second-order valence-corrected chi connectivity index (χ2v) is 5.86. The van der Waals surface area contributed by atoms with Crippen LogP contribution in [0.1, 0.15) is 31.7 Å². The van der Waals surface area contributed by atoms with Crippen LogP contribution >= 0.6 is 0 Å². The molecule has 0 amide bonds. The molecular formula is C17H26O4. The van der Waals surface area contributed by atoms with Gasteiger partial charge in [0.25, 0.3) is 0 Å². The summed E-state index contributed by atoms with van der Waals surface area (Å²) in [6.07, 6.45) is 1.65. The standard InChI is InChI=1S/C17H26O4/c1-13-10-15(19)17(11-18)21-16(13)8-5-9-20-12-14-6-3-2-4-7-14/h2-4,6-7,13,15-19H,5,8-12H2,1H3/t13-,15-,16-,17+/m0/s1. The Morgan fingerprint density at radius 1 is 1.24 bits per heavy atom. The van der Waals surface area contributed by atoms with E-state index in [0.717, 1.165) is 12.8 Å². The first-order chi connectivity index (χ1) is 10.2. The van der Waals surface area contributed by atoms with Crippen LogP contribution in [0, 0.1) is 5.92 Å². The van der Waals surface area contributed by atoms with Gasteiger partial charge in [-0.15, -0.1) is 0 Å². The van der Waals surface area contributed by atoms with E-state index in [1.54, 1.807) is 0 Å². The number of benzene rings is 1. The van der Waals surface area contributed by atoms with Crippen molar-refractivity contribution in [1.82, 2.24) is 0 Å². The lowest BCUT2D eigenvalue weighted by Gasteiger charge is -2.37. The van der Waals surface area contributed by atoms with Crippen molar-refractivity contribution in [2.24, 2.45) is 5.92 Å². The molecule has 21 heavy (non-hydrogen) atoms. The van der Waals surface area contributed by atoms with Crippen LogP contribution in [0.15, 0.2) is 30.3 Å². The van der Waals surface area contributed by atoms with Crippen LogP contribution in [0.2, 0.25) is 0 Å². The van der Waals surface area contributed by atoms with Crippen LogP contribution in [0.4, 0.5) is 0 Å². The zero-order chi connectivity index (χ0) is 15.1. The van der Waals surface area contributed by atoms with Gasteiger partial charge >= 0.3 is 0 Å². The molecule has 4 nitrogen and oxygen atoms in total. The van der Waals surface area contributed by atoms with E-state index in [9.17, 15) is 10.2 Å². The van der Waals surface area contributed by atoms with E-state index in [-0.39, 0.29) is 12.7 Å². The number of hydrogen-bond donors (Lipinski definition) is 2. The number of ether oxygens (including phenoxy) is 2. The second kappa shape index (κ2) is 8.49. The molecule has 0 aliphatic carbocycles. The molecule has 0 bridgehead atoms. The van der Waals surface area contributed by atoms with Gasteiger partial charge < -0.3 is 19.7 Å². The maximum absolute atomic E-state index is 9.78. The number of aliphatic hydroxyl groups is 2. The molecule has 0 unspecified atom stereocenters. The minimum atomic E-state index is -0.546. The molecule has 0 spiro atoms. The van der Waals surface area contributed by atoms with Crippen LogP contribution in [0.5, 0.6) is 0 Å². The Labute approximate surface area is 126 Å². The third kappa shape index (κ3) is 5.08. The van der Waals surface area contributed by atoms with Crippen molar-refractivity contribution in [3.8, 4) is 0 Å². The van der Waals surface area contributed by atoms with E-state index in [4.69, 9.17) is 9.47 Å². The van der Waals surface area contributed by atoms with Gasteiger partial charge in [0, 0.05) is 6.61 Å². The minimum Gasteiger partial charge on any atom is -0.394 e. The third-order valence-corrected chi connectivity index (χ3v) is 4.10. The topological polar surface area (TPSA) is 58.9 Å². The molecule has 0 saturated carbocycles. The third-order valence-electron chi connectivity index (χ3n) is 4.10. The van der Waals surface area contributed by atoms with Gasteiger partial charge in [-0.3, -0.25) is 0 Å². The first-order valence-corrected chi connectivity index (χ1v) is 7.76. The molecule has 1 aliphatic rings. The fourth-order valence-electron chi connectivity index (χ4n) is 2.80. The lowest BCUT2D eigenvalue weighted by atomic mass is 9.89. The molecule has 2 rings (SSSR count). The molecule has 1 aromatic rings. The Balaban J connectivity index is 1.64. The summed E-state index contributed by atoms with van der Waals surface area (Å²) in [5.41, 5.74) is 1.18. The average Bonchev–Trinajstić information content (AvgIpc) is 2.50. The van der Waals surface area contributed by atoms with Gasteiger partial charge in [0.2, 0.25) is 0 Å². The van der Waals surface area contributed by atoms with Gasteiger partial charge in [-0.1, -0.05) is 37.3 Å². The smallest absolute Gasteiger partial charge is 0.107 e. The predicted molar refractivity (Wildman–Crippen MR) is 80.9 cm³/mol. The quantitative estimate of drug-likeness (QED) is 0.756. The van der Waals surface area contributed by atoms with Gasteiger partial charge in [0.05, 0.1) is 25.4 Å². The summed E-state index contributed by atoms with van der Waals surface area (Å²) in [6.45, 7) is 3.31. The van der Waals surface area contributed by atoms with Crippen molar-refractivity contribution in [2.75, 3.05) is 13.2 Å². The fourth-order valence-corrected chi connectivity index (χ4v) is 2.80. The summed E-state index contributed by atoms with van der Waals surface area (Å²) < 4.78 is 11.4. The Bertz CT molecular complexity index is 395. The van der Waals surface area contributed by atoms with Crippen molar-refractivity contribution >= 4 is 0 Å². The second-order valence-electron chi connectivity index (χ2n) is 5.86. The maximum atomic E-state index is 9.78. The highest BCUT2D eigenvalue weighted by molar-refractivity contribution is 5.13. The summed E-state index contributed by atoms with van der Waals surface area (Å²) in [5.74, 6) is 0.317. The van der Waals surface area contributed by atoms with E-state index < -0.39 is 12.2 Å². The van der Waals surface area contributed by atoms with E-state index in [1.807, 2.05) is 18.2 Å². The lowest BCUT2D eigenvalue weighted by molar-refractivity contribution is -0.158. The molecule has 4 heteroatoms. The molecule has 0 aromatic heterocycles. The van der Waals surface area contributed by atoms with Gasteiger partial charge in [0.1, 0.15) is 6.10 Å². The zero-order valence-corrected chi connectivity index (χ0v) is 12.6. The SMILES string of the molecule is C[C@H]1C[C@H](O)[C@@H](CO)O[C@H]1CCCOCc1ccccc1. The maximum Gasteiger partial charge on any atom is 0.107 e. The van der Waals surface area contributed by atoms with Crippen molar-refractivity contribution in [3.63, 3.8) is 0 Å². The van der Waals surface area contributed by atoms with Gasteiger partial charge in [-0.2, -0.15) is 0 Å². The molecule has 1 aliphatic heterocycles. The van der Waals surface area contributed by atoms with Crippen LogP contribution in [-0.2, 0) is 16.1 Å².